The van der Waals surface area contributed by atoms with E-state index in [0.717, 1.165) is 55.8 Å². The van der Waals surface area contributed by atoms with Crippen molar-refractivity contribution in [2.75, 3.05) is 0 Å². The lowest BCUT2D eigenvalue weighted by molar-refractivity contribution is 1.19. The fourth-order valence-corrected chi connectivity index (χ4v) is 6.87. The van der Waals surface area contributed by atoms with E-state index >= 15 is 0 Å². The molecule has 0 fully saturated rings. The van der Waals surface area contributed by atoms with Crippen molar-refractivity contribution in [3.05, 3.63) is 163 Å². The first-order chi connectivity index (χ1) is 23.7. The molecule has 0 saturated carbocycles. The average molecular weight is 611 g/mol. The lowest BCUT2D eigenvalue weighted by Gasteiger charge is -2.16. The summed E-state index contributed by atoms with van der Waals surface area (Å²) in [6.07, 6.45) is 1.81. The van der Waals surface area contributed by atoms with E-state index in [1.54, 1.807) is 0 Å². The van der Waals surface area contributed by atoms with Crippen LogP contribution in [0.2, 0.25) is 0 Å². The molecule has 2 aromatic heterocycles. The quantitative estimate of drug-likeness (QED) is 0.194. The highest BCUT2D eigenvalue weighted by Gasteiger charge is 2.26. The summed E-state index contributed by atoms with van der Waals surface area (Å²) in [5.41, 5.74) is 14.3. The van der Waals surface area contributed by atoms with E-state index in [-0.39, 0.29) is 0 Å². The molecule has 2 heterocycles. The van der Waals surface area contributed by atoms with Crippen molar-refractivity contribution in [2.45, 2.75) is 0 Å². The zero-order valence-electron chi connectivity index (χ0n) is 25.8. The number of hydrogen-bond donors (Lipinski definition) is 0. The number of nitriles is 1. The minimum atomic E-state index is 0.634. The monoisotopic (exact) mass is 610 g/mol. The van der Waals surface area contributed by atoms with Gasteiger partial charge < -0.3 is 0 Å². The van der Waals surface area contributed by atoms with E-state index in [0.29, 0.717) is 11.4 Å². The Hall–Kier alpha value is -6.70. The lowest BCUT2D eigenvalue weighted by atomic mass is 9.90. The number of hydrogen-bond acceptors (Lipinski definition) is 4. The molecule has 0 aliphatic heterocycles. The second-order valence-electron chi connectivity index (χ2n) is 11.9. The van der Waals surface area contributed by atoms with Crippen LogP contribution < -0.4 is 0 Å². The Balaban J connectivity index is 1.30. The van der Waals surface area contributed by atoms with Gasteiger partial charge in [-0.1, -0.05) is 115 Å². The van der Waals surface area contributed by atoms with Crippen molar-refractivity contribution < 1.29 is 0 Å². The standard InChI is InChI=1S/C44H26N4/c45-27-28-13-15-29(16-14-28)33-21-22-36-34-10-4-5-11-35(34)37-23-24-38(42(33)43(36)37)44-47-40(30-8-2-1-3-9-30)26-41(48-44)32-19-17-31(18-20-32)39-12-6-7-25-46-39/h1-26H. The van der Waals surface area contributed by atoms with Crippen molar-refractivity contribution in [1.82, 2.24) is 15.0 Å². The van der Waals surface area contributed by atoms with Gasteiger partial charge in [-0.25, -0.2) is 9.97 Å². The molecule has 0 radical (unpaired) electrons. The third-order valence-corrected chi connectivity index (χ3v) is 9.17. The molecular formula is C44H26N4. The van der Waals surface area contributed by atoms with E-state index in [9.17, 15) is 5.26 Å². The molecule has 9 rings (SSSR count). The van der Waals surface area contributed by atoms with Crippen LogP contribution in [0.1, 0.15) is 5.56 Å². The van der Waals surface area contributed by atoms with Gasteiger partial charge in [0, 0.05) is 33.8 Å². The van der Waals surface area contributed by atoms with Crippen molar-refractivity contribution in [3.63, 3.8) is 0 Å². The number of fused-ring (bicyclic) bond motifs is 3. The Morgan fingerprint density at radius 2 is 0.917 bits per heavy atom. The third-order valence-electron chi connectivity index (χ3n) is 9.17. The molecule has 48 heavy (non-hydrogen) atoms. The van der Waals surface area contributed by atoms with Crippen molar-refractivity contribution >= 4 is 10.8 Å². The molecule has 0 amide bonds. The first kappa shape index (κ1) is 27.6. The SMILES string of the molecule is N#Cc1ccc(-c2ccc3c4c(ccc(-c5nc(-c6ccccc6)cc(-c6ccc(-c7ccccn7)cc6)n5)c24)-c2ccccc2-3)cc1. The zero-order valence-corrected chi connectivity index (χ0v) is 25.8. The number of benzene rings is 6. The lowest BCUT2D eigenvalue weighted by Crippen LogP contribution is -1.98. The van der Waals surface area contributed by atoms with Gasteiger partial charge in [-0.15, -0.1) is 0 Å². The topological polar surface area (TPSA) is 62.5 Å². The summed E-state index contributed by atoms with van der Waals surface area (Å²) in [6, 6.07) is 54.2. The first-order valence-corrected chi connectivity index (χ1v) is 15.9. The number of aromatic nitrogens is 3. The molecule has 1 aliphatic rings. The van der Waals surface area contributed by atoms with Crippen LogP contribution in [0.25, 0.3) is 89.3 Å². The smallest absolute Gasteiger partial charge is 0.161 e. The number of rotatable bonds is 5. The van der Waals surface area contributed by atoms with Gasteiger partial charge in [0.25, 0.3) is 0 Å². The van der Waals surface area contributed by atoms with E-state index in [2.05, 4.69) is 102 Å². The summed E-state index contributed by atoms with van der Waals surface area (Å²) < 4.78 is 0. The van der Waals surface area contributed by atoms with Gasteiger partial charge in [-0.2, -0.15) is 5.26 Å². The Morgan fingerprint density at radius 1 is 0.396 bits per heavy atom. The van der Waals surface area contributed by atoms with Gasteiger partial charge in [-0.3, -0.25) is 4.98 Å². The van der Waals surface area contributed by atoms with Crippen LogP contribution in [0.15, 0.2) is 158 Å². The Labute approximate surface area is 278 Å². The molecule has 8 aromatic rings. The van der Waals surface area contributed by atoms with Crippen LogP contribution in [0.3, 0.4) is 0 Å². The molecule has 222 valence electrons. The summed E-state index contributed by atoms with van der Waals surface area (Å²) in [4.78, 5) is 15.0. The summed E-state index contributed by atoms with van der Waals surface area (Å²) in [6.45, 7) is 0. The summed E-state index contributed by atoms with van der Waals surface area (Å²) in [5, 5.41) is 11.8. The number of nitrogens with zero attached hydrogens (tertiary/aromatic N) is 4. The largest absolute Gasteiger partial charge is 0.256 e. The van der Waals surface area contributed by atoms with Crippen molar-refractivity contribution in [3.8, 4) is 84.6 Å². The van der Waals surface area contributed by atoms with E-state index in [1.807, 2.05) is 66.9 Å². The first-order valence-electron chi connectivity index (χ1n) is 15.9. The molecule has 1 aliphatic carbocycles. The van der Waals surface area contributed by atoms with Gasteiger partial charge in [0.1, 0.15) is 0 Å². The predicted molar refractivity (Wildman–Crippen MR) is 194 cm³/mol. The molecule has 0 saturated heterocycles. The maximum Gasteiger partial charge on any atom is 0.161 e. The van der Waals surface area contributed by atoms with Crippen LogP contribution in [0, 0.1) is 11.3 Å². The van der Waals surface area contributed by atoms with Gasteiger partial charge in [0.2, 0.25) is 0 Å². The molecule has 0 N–H and O–H groups in total. The Morgan fingerprint density at radius 3 is 1.54 bits per heavy atom. The van der Waals surface area contributed by atoms with Crippen molar-refractivity contribution in [2.24, 2.45) is 0 Å². The van der Waals surface area contributed by atoms with Crippen LogP contribution in [0.5, 0.6) is 0 Å². The van der Waals surface area contributed by atoms with Crippen LogP contribution >= 0.6 is 0 Å². The van der Waals surface area contributed by atoms with Gasteiger partial charge in [0.05, 0.1) is 28.7 Å². The van der Waals surface area contributed by atoms with E-state index in [1.165, 1.54) is 27.6 Å². The summed E-state index contributed by atoms with van der Waals surface area (Å²) >= 11 is 0. The molecule has 4 nitrogen and oxygen atoms in total. The normalized spacial score (nSPS) is 11.3. The second-order valence-corrected chi connectivity index (χ2v) is 11.9. The summed E-state index contributed by atoms with van der Waals surface area (Å²) in [7, 11) is 0. The van der Waals surface area contributed by atoms with Crippen molar-refractivity contribution in [1.29, 1.82) is 5.26 Å². The molecule has 4 heteroatoms. The van der Waals surface area contributed by atoms with Crippen LogP contribution in [0.4, 0.5) is 0 Å². The second kappa shape index (κ2) is 11.3. The highest BCUT2D eigenvalue weighted by atomic mass is 14.9. The fraction of sp³-hybridized carbons (Fsp3) is 0. The molecule has 0 bridgehead atoms. The zero-order chi connectivity index (χ0) is 32.0. The Kier molecular flexibility index (Phi) is 6.48. The third kappa shape index (κ3) is 4.57. The number of pyridine rings is 1. The minimum absolute atomic E-state index is 0.634. The maximum atomic E-state index is 9.49. The highest BCUT2D eigenvalue weighted by molar-refractivity contribution is 6.22. The van der Waals surface area contributed by atoms with E-state index < -0.39 is 0 Å². The molecule has 0 spiro atoms. The van der Waals surface area contributed by atoms with Crippen LogP contribution in [-0.2, 0) is 0 Å². The van der Waals surface area contributed by atoms with Gasteiger partial charge in [-0.05, 0) is 75.2 Å². The molecule has 6 aromatic carbocycles. The Bertz CT molecular complexity index is 2500. The molecular weight excluding hydrogens is 585 g/mol. The molecule has 0 atom stereocenters. The van der Waals surface area contributed by atoms with Gasteiger partial charge >= 0.3 is 0 Å². The highest BCUT2D eigenvalue weighted by Crippen LogP contribution is 2.51. The van der Waals surface area contributed by atoms with Gasteiger partial charge in [0.15, 0.2) is 5.82 Å². The predicted octanol–water partition coefficient (Wildman–Crippen LogP) is 10.9. The fourth-order valence-electron chi connectivity index (χ4n) is 6.87. The average Bonchev–Trinajstić information content (AvgIpc) is 3.50. The minimum Gasteiger partial charge on any atom is -0.256 e. The summed E-state index contributed by atoms with van der Waals surface area (Å²) in [5.74, 6) is 0.662. The van der Waals surface area contributed by atoms with E-state index in [4.69, 9.17) is 9.97 Å². The van der Waals surface area contributed by atoms with Crippen LogP contribution in [-0.4, -0.2) is 15.0 Å². The molecule has 0 unspecified atom stereocenters. The maximum absolute atomic E-state index is 9.49.